The molecule has 0 radical (unpaired) electrons. The van der Waals surface area contributed by atoms with Gasteiger partial charge in [0.05, 0.1) is 18.3 Å². The quantitative estimate of drug-likeness (QED) is 0.689. The Morgan fingerprint density at radius 2 is 1.86 bits per heavy atom. The van der Waals surface area contributed by atoms with Crippen LogP contribution in [0.15, 0.2) is 30.3 Å². The number of hydrogen-bond donors (Lipinski definition) is 3. The normalized spacial score (nSPS) is 14.2. The standard InChI is InChI=1S/C17H27NO4/c1-13(9-10-15(19)17(2,3)21)11-12-22-16(20)18-14-7-5-4-6-8-14/h4-8,13,15,19,21H,9-12H2,1-3H3,(H,18,20)/t13-,15+/m0/s1. The Labute approximate surface area is 132 Å². The highest BCUT2D eigenvalue weighted by atomic mass is 16.5. The average Bonchev–Trinajstić information content (AvgIpc) is 2.44. The van der Waals surface area contributed by atoms with Crippen LogP contribution in [0, 0.1) is 5.92 Å². The van der Waals surface area contributed by atoms with Gasteiger partial charge in [-0.15, -0.1) is 0 Å². The maximum absolute atomic E-state index is 11.6. The summed E-state index contributed by atoms with van der Waals surface area (Å²) in [6.07, 6.45) is 0.823. The van der Waals surface area contributed by atoms with E-state index >= 15 is 0 Å². The van der Waals surface area contributed by atoms with Crippen molar-refractivity contribution in [1.29, 1.82) is 0 Å². The van der Waals surface area contributed by atoms with Gasteiger partial charge in [0, 0.05) is 5.69 Å². The second-order valence-corrected chi connectivity index (χ2v) is 6.27. The number of nitrogens with one attached hydrogen (secondary N) is 1. The fraction of sp³-hybridized carbons (Fsp3) is 0.588. The van der Waals surface area contributed by atoms with Crippen LogP contribution in [0.2, 0.25) is 0 Å². The highest BCUT2D eigenvalue weighted by Gasteiger charge is 2.24. The van der Waals surface area contributed by atoms with Crippen LogP contribution >= 0.6 is 0 Å². The van der Waals surface area contributed by atoms with Crippen molar-refractivity contribution in [3.05, 3.63) is 30.3 Å². The lowest BCUT2D eigenvalue weighted by Gasteiger charge is -2.25. The molecule has 124 valence electrons. The lowest BCUT2D eigenvalue weighted by atomic mass is 9.93. The molecule has 0 spiro atoms. The molecule has 0 saturated heterocycles. The van der Waals surface area contributed by atoms with Crippen LogP contribution < -0.4 is 5.32 Å². The van der Waals surface area contributed by atoms with Crippen LogP contribution in [0.3, 0.4) is 0 Å². The minimum absolute atomic E-state index is 0.307. The van der Waals surface area contributed by atoms with Crippen molar-refractivity contribution in [2.75, 3.05) is 11.9 Å². The Kier molecular flexibility index (Phi) is 7.35. The van der Waals surface area contributed by atoms with Gasteiger partial charge >= 0.3 is 6.09 Å². The molecule has 0 heterocycles. The number of hydrogen-bond acceptors (Lipinski definition) is 4. The number of benzene rings is 1. The second kappa shape index (κ2) is 8.76. The summed E-state index contributed by atoms with van der Waals surface area (Å²) in [5.74, 6) is 0.307. The second-order valence-electron chi connectivity index (χ2n) is 6.27. The van der Waals surface area contributed by atoms with E-state index in [4.69, 9.17) is 4.74 Å². The number of aliphatic hydroxyl groups excluding tert-OH is 1. The molecule has 0 aromatic heterocycles. The van der Waals surface area contributed by atoms with Gasteiger partial charge in [-0.3, -0.25) is 5.32 Å². The molecule has 3 N–H and O–H groups in total. The Hall–Kier alpha value is -1.59. The third-order valence-corrected chi connectivity index (χ3v) is 3.61. The van der Waals surface area contributed by atoms with Gasteiger partial charge in [-0.25, -0.2) is 4.79 Å². The summed E-state index contributed by atoms with van der Waals surface area (Å²) in [6, 6.07) is 9.14. The Morgan fingerprint density at radius 1 is 1.23 bits per heavy atom. The number of carbonyl (C=O) groups is 1. The number of para-hydroxylation sites is 1. The molecule has 0 aliphatic heterocycles. The van der Waals surface area contributed by atoms with Crippen LogP contribution in [0.4, 0.5) is 10.5 Å². The van der Waals surface area contributed by atoms with Crippen LogP contribution in [0.5, 0.6) is 0 Å². The highest BCUT2D eigenvalue weighted by Crippen LogP contribution is 2.18. The average molecular weight is 309 g/mol. The van der Waals surface area contributed by atoms with Crippen LogP contribution in [-0.4, -0.2) is 34.6 Å². The molecule has 1 aromatic carbocycles. The molecular formula is C17H27NO4. The largest absolute Gasteiger partial charge is 0.449 e. The summed E-state index contributed by atoms with van der Waals surface area (Å²) in [4.78, 5) is 11.6. The Morgan fingerprint density at radius 3 is 2.45 bits per heavy atom. The van der Waals surface area contributed by atoms with Gasteiger partial charge in [-0.1, -0.05) is 25.1 Å². The van der Waals surface area contributed by atoms with E-state index in [1.165, 1.54) is 0 Å². The Bertz CT molecular complexity index is 442. The van der Waals surface area contributed by atoms with Gasteiger partial charge in [0.15, 0.2) is 0 Å². The predicted octanol–water partition coefficient (Wildman–Crippen LogP) is 3.17. The summed E-state index contributed by atoms with van der Waals surface area (Å²) in [5, 5.41) is 22.1. The lowest BCUT2D eigenvalue weighted by Crippen LogP contribution is -2.36. The molecule has 0 aliphatic carbocycles. The fourth-order valence-corrected chi connectivity index (χ4v) is 1.97. The molecule has 0 fully saturated rings. The first-order chi connectivity index (χ1) is 10.3. The third-order valence-electron chi connectivity index (χ3n) is 3.61. The van der Waals surface area contributed by atoms with Gasteiger partial charge in [-0.2, -0.15) is 0 Å². The van der Waals surface area contributed by atoms with E-state index < -0.39 is 17.8 Å². The van der Waals surface area contributed by atoms with Gasteiger partial charge in [0.2, 0.25) is 0 Å². The number of rotatable bonds is 8. The van der Waals surface area contributed by atoms with E-state index in [0.29, 0.717) is 24.6 Å². The Balaban J connectivity index is 2.17. The molecule has 0 aliphatic rings. The number of carbonyl (C=O) groups excluding carboxylic acids is 1. The predicted molar refractivity (Wildman–Crippen MR) is 86.7 cm³/mol. The molecule has 0 bridgehead atoms. The molecular weight excluding hydrogens is 282 g/mol. The molecule has 1 aromatic rings. The van der Waals surface area contributed by atoms with E-state index in [-0.39, 0.29) is 0 Å². The van der Waals surface area contributed by atoms with Crippen molar-refractivity contribution in [2.24, 2.45) is 5.92 Å². The molecule has 0 unspecified atom stereocenters. The van der Waals surface area contributed by atoms with Crippen molar-refractivity contribution in [3.63, 3.8) is 0 Å². The van der Waals surface area contributed by atoms with Gasteiger partial charge < -0.3 is 14.9 Å². The first-order valence-corrected chi connectivity index (χ1v) is 7.68. The first kappa shape index (κ1) is 18.5. The van der Waals surface area contributed by atoms with Crippen molar-refractivity contribution in [1.82, 2.24) is 0 Å². The maximum Gasteiger partial charge on any atom is 0.411 e. The first-order valence-electron chi connectivity index (χ1n) is 7.68. The third kappa shape index (κ3) is 7.43. The van der Waals surface area contributed by atoms with Gasteiger partial charge in [0.25, 0.3) is 0 Å². The number of anilines is 1. The van der Waals surface area contributed by atoms with E-state index in [1.807, 2.05) is 25.1 Å². The summed E-state index contributed by atoms with van der Waals surface area (Å²) in [5.41, 5.74) is -0.375. The summed E-state index contributed by atoms with van der Waals surface area (Å²) >= 11 is 0. The number of ether oxygens (including phenoxy) is 1. The van der Waals surface area contributed by atoms with Gasteiger partial charge in [-0.05, 0) is 51.2 Å². The zero-order chi connectivity index (χ0) is 16.6. The molecule has 1 amide bonds. The van der Waals surface area contributed by atoms with E-state index in [1.54, 1.807) is 26.0 Å². The molecule has 1 rings (SSSR count). The van der Waals surface area contributed by atoms with Crippen LogP contribution in [-0.2, 0) is 4.74 Å². The van der Waals surface area contributed by atoms with Crippen molar-refractivity contribution >= 4 is 11.8 Å². The van der Waals surface area contributed by atoms with E-state index in [0.717, 1.165) is 12.8 Å². The summed E-state index contributed by atoms with van der Waals surface area (Å²) < 4.78 is 5.13. The molecule has 5 nitrogen and oxygen atoms in total. The minimum Gasteiger partial charge on any atom is -0.449 e. The molecule has 22 heavy (non-hydrogen) atoms. The van der Waals surface area contributed by atoms with E-state index in [9.17, 15) is 15.0 Å². The maximum atomic E-state index is 11.6. The molecule has 5 heteroatoms. The summed E-state index contributed by atoms with van der Waals surface area (Å²) in [7, 11) is 0. The molecule has 0 saturated carbocycles. The van der Waals surface area contributed by atoms with Crippen molar-refractivity contribution in [3.8, 4) is 0 Å². The monoisotopic (exact) mass is 309 g/mol. The number of amides is 1. The fourth-order valence-electron chi connectivity index (χ4n) is 1.97. The zero-order valence-electron chi connectivity index (χ0n) is 13.6. The van der Waals surface area contributed by atoms with Crippen LogP contribution in [0.25, 0.3) is 0 Å². The van der Waals surface area contributed by atoms with Crippen LogP contribution in [0.1, 0.15) is 40.0 Å². The summed E-state index contributed by atoms with van der Waals surface area (Å²) in [6.45, 7) is 5.56. The van der Waals surface area contributed by atoms with Gasteiger partial charge in [0.1, 0.15) is 0 Å². The van der Waals surface area contributed by atoms with Crippen molar-refractivity contribution < 1.29 is 19.7 Å². The van der Waals surface area contributed by atoms with E-state index in [2.05, 4.69) is 5.32 Å². The highest BCUT2D eigenvalue weighted by molar-refractivity contribution is 5.84. The topological polar surface area (TPSA) is 78.8 Å². The number of aliphatic hydroxyl groups is 2. The lowest BCUT2D eigenvalue weighted by molar-refractivity contribution is -0.0536. The molecule has 2 atom stereocenters. The smallest absolute Gasteiger partial charge is 0.411 e. The zero-order valence-corrected chi connectivity index (χ0v) is 13.6. The minimum atomic E-state index is -1.08. The van der Waals surface area contributed by atoms with Crippen molar-refractivity contribution in [2.45, 2.75) is 51.7 Å². The SMILES string of the molecule is C[C@H](CCOC(=O)Nc1ccccc1)CC[C@@H](O)C(C)(C)O.